The van der Waals surface area contributed by atoms with Crippen molar-refractivity contribution in [2.75, 3.05) is 20.2 Å². The van der Waals surface area contributed by atoms with E-state index in [1.807, 2.05) is 20.8 Å². The predicted octanol–water partition coefficient (Wildman–Crippen LogP) is 2.50. The number of hydrogen-bond donors (Lipinski definition) is 0. The molecule has 7 heteroatoms. The molecule has 0 bridgehead atoms. The summed E-state index contributed by atoms with van der Waals surface area (Å²) in [6.07, 6.45) is 3.45. The predicted molar refractivity (Wildman–Crippen MR) is 81.8 cm³/mol. The summed E-state index contributed by atoms with van der Waals surface area (Å²) < 4.78 is 16.3. The van der Waals surface area contributed by atoms with Crippen LogP contribution in [-0.2, 0) is 21.5 Å². The van der Waals surface area contributed by atoms with Crippen molar-refractivity contribution in [1.29, 1.82) is 0 Å². The Balaban J connectivity index is 1.49. The summed E-state index contributed by atoms with van der Waals surface area (Å²) in [5.41, 5.74) is -0.801. The summed E-state index contributed by atoms with van der Waals surface area (Å²) in [6, 6.07) is 0. The van der Waals surface area contributed by atoms with Crippen LogP contribution in [0.3, 0.4) is 0 Å². The Morgan fingerprint density at radius 2 is 2.09 bits per heavy atom. The molecule has 0 radical (unpaired) electrons. The van der Waals surface area contributed by atoms with E-state index in [9.17, 15) is 4.79 Å². The smallest absolute Gasteiger partial charge is 0.410 e. The molecule has 0 unspecified atom stereocenters. The Kier molecular flexibility index (Phi) is 4.08. The van der Waals surface area contributed by atoms with E-state index in [0.717, 1.165) is 19.3 Å². The first-order valence-electron chi connectivity index (χ1n) is 8.17. The molecule has 2 fully saturated rings. The molecule has 1 aliphatic heterocycles. The lowest BCUT2D eigenvalue weighted by atomic mass is 9.79. The molecule has 1 aromatic heterocycles. The van der Waals surface area contributed by atoms with Gasteiger partial charge in [-0.05, 0) is 40.0 Å². The van der Waals surface area contributed by atoms with Crippen LogP contribution in [-0.4, -0.2) is 46.9 Å². The van der Waals surface area contributed by atoms with Crippen molar-refractivity contribution in [3.63, 3.8) is 0 Å². The van der Waals surface area contributed by atoms with Crippen molar-refractivity contribution >= 4 is 6.09 Å². The van der Waals surface area contributed by atoms with Gasteiger partial charge in [0, 0.05) is 32.5 Å². The fourth-order valence-electron chi connectivity index (χ4n) is 2.96. The summed E-state index contributed by atoms with van der Waals surface area (Å²) in [7, 11) is 1.69. The van der Waals surface area contributed by atoms with Gasteiger partial charge in [0.15, 0.2) is 0 Å². The van der Waals surface area contributed by atoms with Crippen molar-refractivity contribution in [1.82, 2.24) is 15.0 Å². The Hall–Kier alpha value is -1.63. The highest BCUT2D eigenvalue weighted by Crippen LogP contribution is 2.42. The molecular formula is C16H25N3O4. The monoisotopic (exact) mass is 323 g/mol. The second kappa shape index (κ2) is 5.78. The molecule has 3 rings (SSSR count). The van der Waals surface area contributed by atoms with Gasteiger partial charge in [0.2, 0.25) is 11.7 Å². The minimum absolute atomic E-state index is 0.257. The van der Waals surface area contributed by atoms with E-state index in [4.69, 9.17) is 14.0 Å². The van der Waals surface area contributed by atoms with E-state index < -0.39 is 5.60 Å². The number of ether oxygens (including phenoxy) is 2. The normalized spacial score (nSPS) is 20.8. The quantitative estimate of drug-likeness (QED) is 0.847. The van der Waals surface area contributed by atoms with E-state index in [0.29, 0.717) is 37.1 Å². The average Bonchev–Trinajstić information content (AvgIpc) is 2.79. The molecule has 0 aromatic carbocycles. The van der Waals surface area contributed by atoms with Gasteiger partial charge in [0.25, 0.3) is 0 Å². The highest BCUT2D eigenvalue weighted by molar-refractivity contribution is 5.69. The van der Waals surface area contributed by atoms with Crippen molar-refractivity contribution in [2.45, 2.75) is 57.7 Å². The molecule has 2 heterocycles. The van der Waals surface area contributed by atoms with Crippen molar-refractivity contribution in [3.05, 3.63) is 11.7 Å². The standard InChI is InChI=1S/C16H25N3O4/c1-15(2,3)22-14(20)19-9-11(10-19)8-12-17-13(18-23-12)16(21-4)6-5-7-16/h11H,5-10H2,1-4H3. The number of rotatable bonds is 4. The second-order valence-corrected chi connectivity index (χ2v) is 7.52. The number of hydrogen-bond acceptors (Lipinski definition) is 6. The molecular weight excluding hydrogens is 298 g/mol. The highest BCUT2D eigenvalue weighted by Gasteiger charge is 2.43. The van der Waals surface area contributed by atoms with Crippen LogP contribution in [0, 0.1) is 5.92 Å². The zero-order valence-electron chi connectivity index (χ0n) is 14.3. The molecule has 23 heavy (non-hydrogen) atoms. The molecule has 0 spiro atoms. The van der Waals surface area contributed by atoms with Crippen LogP contribution in [0.1, 0.15) is 51.7 Å². The van der Waals surface area contributed by atoms with Crippen LogP contribution in [0.5, 0.6) is 0 Å². The van der Waals surface area contributed by atoms with Crippen LogP contribution in [0.4, 0.5) is 4.79 Å². The third-order valence-corrected chi connectivity index (χ3v) is 4.50. The van der Waals surface area contributed by atoms with Gasteiger partial charge in [-0.1, -0.05) is 5.16 Å². The Bertz CT molecular complexity index is 563. The second-order valence-electron chi connectivity index (χ2n) is 7.52. The molecule has 7 nitrogen and oxygen atoms in total. The number of methoxy groups -OCH3 is 1. The SMILES string of the molecule is COC1(c2noc(CC3CN(C(=O)OC(C)(C)C)C3)n2)CCC1. The number of amides is 1. The summed E-state index contributed by atoms with van der Waals surface area (Å²) in [5, 5.41) is 4.08. The average molecular weight is 323 g/mol. The maximum Gasteiger partial charge on any atom is 0.410 e. The van der Waals surface area contributed by atoms with E-state index in [1.165, 1.54) is 0 Å². The molecule has 1 amide bonds. The lowest BCUT2D eigenvalue weighted by Crippen LogP contribution is -2.52. The number of carbonyl (C=O) groups is 1. The van der Waals surface area contributed by atoms with Crippen molar-refractivity contribution in [3.8, 4) is 0 Å². The van der Waals surface area contributed by atoms with Crippen LogP contribution in [0.2, 0.25) is 0 Å². The number of likely N-dealkylation sites (tertiary alicyclic amines) is 1. The maximum absolute atomic E-state index is 11.9. The highest BCUT2D eigenvalue weighted by atomic mass is 16.6. The number of nitrogens with zero attached hydrogens (tertiary/aromatic N) is 3. The summed E-state index contributed by atoms with van der Waals surface area (Å²) >= 11 is 0. The van der Waals surface area contributed by atoms with Gasteiger partial charge < -0.3 is 18.9 Å². The van der Waals surface area contributed by atoms with Gasteiger partial charge in [0.05, 0.1) is 0 Å². The molecule has 1 saturated carbocycles. The number of carbonyl (C=O) groups excluding carboxylic acids is 1. The molecule has 1 saturated heterocycles. The fourth-order valence-corrected chi connectivity index (χ4v) is 2.96. The van der Waals surface area contributed by atoms with E-state index in [2.05, 4.69) is 10.1 Å². The zero-order valence-corrected chi connectivity index (χ0v) is 14.3. The Morgan fingerprint density at radius 1 is 1.39 bits per heavy atom. The summed E-state index contributed by atoms with van der Waals surface area (Å²) in [5.74, 6) is 1.62. The first kappa shape index (κ1) is 16.2. The molecule has 2 aliphatic rings. The third kappa shape index (κ3) is 3.34. The molecule has 0 atom stereocenters. The first-order valence-corrected chi connectivity index (χ1v) is 8.17. The first-order chi connectivity index (χ1) is 10.8. The van der Waals surface area contributed by atoms with Crippen LogP contribution in [0.25, 0.3) is 0 Å². The van der Waals surface area contributed by atoms with Crippen molar-refractivity contribution < 1.29 is 18.8 Å². The minimum atomic E-state index is -0.458. The topological polar surface area (TPSA) is 77.7 Å². The van der Waals surface area contributed by atoms with E-state index in [1.54, 1.807) is 12.0 Å². The summed E-state index contributed by atoms with van der Waals surface area (Å²) in [6.45, 7) is 6.95. The van der Waals surface area contributed by atoms with Gasteiger partial charge in [-0.3, -0.25) is 0 Å². The molecule has 0 N–H and O–H groups in total. The van der Waals surface area contributed by atoms with Crippen LogP contribution in [0.15, 0.2) is 4.52 Å². The third-order valence-electron chi connectivity index (χ3n) is 4.50. The van der Waals surface area contributed by atoms with Gasteiger partial charge in [0.1, 0.15) is 11.2 Å². The van der Waals surface area contributed by atoms with Gasteiger partial charge in [-0.25, -0.2) is 4.79 Å². The maximum atomic E-state index is 11.9. The number of aromatic nitrogens is 2. The van der Waals surface area contributed by atoms with Gasteiger partial charge in [-0.15, -0.1) is 0 Å². The molecule has 1 aromatic rings. The van der Waals surface area contributed by atoms with Crippen LogP contribution >= 0.6 is 0 Å². The Labute approximate surface area is 136 Å². The lowest BCUT2D eigenvalue weighted by molar-refractivity contribution is -0.0858. The van der Waals surface area contributed by atoms with Crippen LogP contribution < -0.4 is 0 Å². The fraction of sp³-hybridized carbons (Fsp3) is 0.812. The van der Waals surface area contributed by atoms with Crippen molar-refractivity contribution in [2.24, 2.45) is 5.92 Å². The largest absolute Gasteiger partial charge is 0.444 e. The Morgan fingerprint density at radius 3 is 2.61 bits per heavy atom. The van der Waals surface area contributed by atoms with E-state index in [-0.39, 0.29) is 11.7 Å². The van der Waals surface area contributed by atoms with Gasteiger partial charge in [-0.2, -0.15) is 4.98 Å². The minimum Gasteiger partial charge on any atom is -0.444 e. The zero-order chi connectivity index (χ0) is 16.7. The summed E-state index contributed by atoms with van der Waals surface area (Å²) in [4.78, 5) is 18.1. The van der Waals surface area contributed by atoms with E-state index >= 15 is 0 Å². The molecule has 128 valence electrons. The lowest BCUT2D eigenvalue weighted by Gasteiger charge is -2.39. The van der Waals surface area contributed by atoms with Gasteiger partial charge >= 0.3 is 6.09 Å². The molecule has 1 aliphatic carbocycles.